The van der Waals surface area contributed by atoms with Gasteiger partial charge >= 0.3 is 0 Å². The molecule has 0 aliphatic rings. The minimum atomic E-state index is 0. The first-order valence-corrected chi connectivity index (χ1v) is 2.00. The van der Waals surface area contributed by atoms with Gasteiger partial charge in [0.25, 0.3) is 0 Å². The Morgan fingerprint density at radius 1 is 1.25 bits per heavy atom. The molecule has 0 amide bonds. The maximum atomic E-state index is 2.42. The molecule has 2 unspecified atom stereocenters. The molecular weight excluding hydrogens is 124 g/mol. The van der Waals surface area contributed by atoms with Crippen molar-refractivity contribution in [3.8, 4) is 0 Å². The van der Waals surface area contributed by atoms with Gasteiger partial charge in [0.2, 0.25) is 0 Å². The third-order valence-corrected chi connectivity index (χ3v) is 0. The van der Waals surface area contributed by atoms with Crippen molar-refractivity contribution in [1.82, 2.24) is 0 Å². The van der Waals surface area contributed by atoms with Crippen molar-refractivity contribution in [1.29, 1.82) is 0 Å². The van der Waals surface area contributed by atoms with Crippen molar-refractivity contribution >= 4 is 25.0 Å². The maximum absolute atomic E-state index is 2.42. The summed E-state index contributed by atoms with van der Waals surface area (Å²) in [6.07, 6.45) is 0. The third kappa shape index (κ3) is 9.70. The molecule has 0 saturated heterocycles. The molecule has 0 bridgehead atoms. The molecule has 2 radical (unpaired) electrons. The number of hydrogen-bond acceptors (Lipinski definition) is 0. The van der Waals surface area contributed by atoms with E-state index in [0.29, 0.717) is 0 Å². The Labute approximate surface area is 43.9 Å². The summed E-state index contributed by atoms with van der Waals surface area (Å²) in [5, 5.41) is 0. The Bertz CT molecular complexity index is 6.00. The Kier molecular flexibility index (Phi) is 20.1. The molecule has 0 aromatic carbocycles. The molecule has 0 nitrogen and oxygen atoms in total. The summed E-state index contributed by atoms with van der Waals surface area (Å²) in [6.45, 7) is 1.83. The molecular formula is H4BP2V. The first kappa shape index (κ1) is 9.10. The molecule has 2 atom stereocenters. The number of rotatable bonds is 0. The van der Waals surface area contributed by atoms with Crippen LogP contribution in [0.3, 0.4) is 0 Å². The summed E-state index contributed by atoms with van der Waals surface area (Å²) in [7, 11) is 4.83. The Balaban J connectivity index is 0. The second-order valence-electron chi connectivity index (χ2n) is 0.192. The fraction of sp³-hybridized carbons (Fsp3) is 0. The van der Waals surface area contributed by atoms with Gasteiger partial charge in [0.05, 0.1) is 0 Å². The van der Waals surface area contributed by atoms with Gasteiger partial charge in [-0.25, -0.2) is 0 Å². The minimum absolute atomic E-state index is 0. The van der Waals surface area contributed by atoms with E-state index >= 15 is 0 Å². The van der Waals surface area contributed by atoms with Gasteiger partial charge in [-0.1, -0.05) is 0 Å². The van der Waals surface area contributed by atoms with Crippen LogP contribution < -0.4 is 0 Å². The predicted octanol–water partition coefficient (Wildman–Crippen LogP) is 0.268. The smallest absolute Gasteiger partial charge is 0.165 e. The molecule has 0 heterocycles. The average Bonchev–Trinajstić information content (AvgIpc) is 0.918. The first-order chi connectivity index (χ1) is 1.41. The van der Waals surface area contributed by atoms with E-state index in [9.17, 15) is 0 Å². The van der Waals surface area contributed by atoms with Gasteiger partial charge < -0.3 is 0 Å². The van der Waals surface area contributed by atoms with Crippen LogP contribution in [0.4, 0.5) is 0 Å². The Morgan fingerprint density at radius 3 is 1.25 bits per heavy atom. The maximum Gasteiger partial charge on any atom is 0.165 e. The fourth-order valence-corrected chi connectivity index (χ4v) is 0. The molecule has 22 valence electrons. The van der Waals surface area contributed by atoms with Crippen LogP contribution >= 0.6 is 18.2 Å². The molecule has 0 aliphatic heterocycles. The standard InChI is InChI=1S/BH4P2.V/c2-1-3;/h2-3H2;. The summed E-state index contributed by atoms with van der Waals surface area (Å²) in [5.74, 6) is 0. The fourth-order valence-electron chi connectivity index (χ4n) is 0. The molecule has 0 saturated carbocycles. The summed E-state index contributed by atoms with van der Waals surface area (Å²) in [6, 6.07) is 0. The van der Waals surface area contributed by atoms with Crippen molar-refractivity contribution in [3.05, 3.63) is 0 Å². The van der Waals surface area contributed by atoms with Crippen molar-refractivity contribution in [3.63, 3.8) is 0 Å². The van der Waals surface area contributed by atoms with Gasteiger partial charge in [-0.15, -0.1) is 0 Å². The molecule has 0 aromatic heterocycles. The zero-order valence-electron chi connectivity index (χ0n) is 2.18. The Hall–Kier alpha value is 1.51. The second-order valence-corrected chi connectivity index (χ2v) is 1.73. The van der Waals surface area contributed by atoms with E-state index in [0.717, 1.165) is 0 Å². The molecule has 0 aliphatic carbocycles. The van der Waals surface area contributed by atoms with Crippen LogP contribution in [0.1, 0.15) is 0 Å². The average molecular weight is 128 g/mol. The van der Waals surface area contributed by atoms with E-state index in [1.807, 2.05) is 6.72 Å². The topological polar surface area (TPSA) is 0 Å². The normalized spacial score (nSPS) is 3.50. The second kappa shape index (κ2) is 8.82. The van der Waals surface area contributed by atoms with E-state index in [2.05, 4.69) is 18.2 Å². The van der Waals surface area contributed by atoms with E-state index in [-0.39, 0.29) is 18.6 Å². The quantitative estimate of drug-likeness (QED) is 0.324. The van der Waals surface area contributed by atoms with Crippen LogP contribution in [0.2, 0.25) is 0 Å². The molecule has 0 aromatic rings. The van der Waals surface area contributed by atoms with Crippen LogP contribution in [0.25, 0.3) is 0 Å². The number of hydrogen-bond donors (Lipinski definition) is 0. The zero-order chi connectivity index (χ0) is 2.71. The predicted molar refractivity (Wildman–Crippen MR) is 25.2 cm³/mol. The monoisotopic (exact) mass is 128 g/mol. The van der Waals surface area contributed by atoms with Gasteiger partial charge in [-0.3, -0.25) is 0 Å². The van der Waals surface area contributed by atoms with Gasteiger partial charge in [0.1, 0.15) is 0 Å². The largest absolute Gasteiger partial charge is 0.173 e. The summed E-state index contributed by atoms with van der Waals surface area (Å²) < 4.78 is 0. The Morgan fingerprint density at radius 2 is 1.25 bits per heavy atom. The molecule has 0 spiro atoms. The van der Waals surface area contributed by atoms with Crippen molar-refractivity contribution in [2.75, 3.05) is 0 Å². The molecule has 4 heavy (non-hydrogen) atoms. The summed E-state index contributed by atoms with van der Waals surface area (Å²) >= 11 is 0. The van der Waals surface area contributed by atoms with E-state index in [1.165, 1.54) is 0 Å². The SMILES string of the molecule is P[B]P.[V]. The van der Waals surface area contributed by atoms with Crippen molar-refractivity contribution in [2.45, 2.75) is 0 Å². The van der Waals surface area contributed by atoms with Gasteiger partial charge in [0.15, 0.2) is 6.72 Å². The molecule has 0 fully saturated rings. The molecule has 4 heteroatoms. The molecule has 0 rings (SSSR count). The van der Waals surface area contributed by atoms with Crippen LogP contribution in [0, 0.1) is 0 Å². The van der Waals surface area contributed by atoms with Crippen LogP contribution in [-0.2, 0) is 18.6 Å². The van der Waals surface area contributed by atoms with Gasteiger partial charge in [-0.05, 0) is 0 Å². The zero-order valence-corrected chi connectivity index (χ0v) is 5.89. The van der Waals surface area contributed by atoms with Crippen LogP contribution in [0.5, 0.6) is 0 Å². The minimum Gasteiger partial charge on any atom is -0.173 e. The van der Waals surface area contributed by atoms with E-state index in [1.54, 1.807) is 0 Å². The van der Waals surface area contributed by atoms with E-state index < -0.39 is 0 Å². The van der Waals surface area contributed by atoms with E-state index in [4.69, 9.17) is 0 Å². The van der Waals surface area contributed by atoms with Crippen molar-refractivity contribution < 1.29 is 18.6 Å². The first-order valence-electron chi connectivity index (χ1n) is 0.667. The van der Waals surface area contributed by atoms with Gasteiger partial charge in [-0.2, -0.15) is 18.2 Å². The molecule has 0 N–H and O–H groups in total. The van der Waals surface area contributed by atoms with Crippen LogP contribution in [0.15, 0.2) is 0 Å². The third-order valence-electron chi connectivity index (χ3n) is 0. The van der Waals surface area contributed by atoms with Crippen LogP contribution in [-0.4, -0.2) is 6.72 Å². The van der Waals surface area contributed by atoms with Crippen molar-refractivity contribution in [2.24, 2.45) is 0 Å². The summed E-state index contributed by atoms with van der Waals surface area (Å²) in [5.41, 5.74) is 0. The summed E-state index contributed by atoms with van der Waals surface area (Å²) in [4.78, 5) is 0. The van der Waals surface area contributed by atoms with Gasteiger partial charge in [0, 0.05) is 18.6 Å².